The van der Waals surface area contributed by atoms with E-state index in [2.05, 4.69) is 32.6 Å². The van der Waals surface area contributed by atoms with E-state index in [-0.39, 0.29) is 5.82 Å². The molecule has 0 radical (unpaired) electrons. The van der Waals surface area contributed by atoms with Crippen LogP contribution < -0.4 is 5.32 Å². The highest BCUT2D eigenvalue weighted by Crippen LogP contribution is 2.25. The van der Waals surface area contributed by atoms with Crippen molar-refractivity contribution in [3.63, 3.8) is 0 Å². The Labute approximate surface area is 142 Å². The zero-order valence-electron chi connectivity index (χ0n) is 12.9. The Morgan fingerprint density at radius 3 is 2.88 bits per heavy atom. The maximum Gasteiger partial charge on any atom is 0.158 e. The Balaban J connectivity index is 1.68. The van der Waals surface area contributed by atoms with Crippen molar-refractivity contribution in [2.45, 2.75) is 13.5 Å². The molecule has 2 N–H and O–H groups in total. The lowest BCUT2D eigenvalue weighted by Crippen LogP contribution is -2.01. The summed E-state index contributed by atoms with van der Waals surface area (Å²) in [6.45, 7) is 2.49. The fraction of sp³-hybridized carbons (Fsp3) is 0.111. The number of anilines is 1. The molecule has 0 unspecified atom stereocenters. The van der Waals surface area contributed by atoms with E-state index in [0.717, 1.165) is 33.1 Å². The van der Waals surface area contributed by atoms with E-state index < -0.39 is 0 Å². The second-order valence-corrected chi connectivity index (χ2v) is 6.15. The lowest BCUT2D eigenvalue weighted by atomic mass is 10.1. The van der Waals surface area contributed by atoms with Crippen LogP contribution in [0.25, 0.3) is 21.9 Å². The van der Waals surface area contributed by atoms with E-state index in [9.17, 15) is 4.39 Å². The zero-order valence-corrected chi connectivity index (χ0v) is 13.7. The van der Waals surface area contributed by atoms with Crippen molar-refractivity contribution in [1.82, 2.24) is 15.2 Å². The second-order valence-electron chi connectivity index (χ2n) is 5.74. The van der Waals surface area contributed by atoms with Crippen LogP contribution in [0.15, 0.2) is 42.5 Å². The molecule has 0 amide bonds. The number of hydrogen-bond acceptors (Lipinski definition) is 3. The monoisotopic (exact) mass is 340 g/mol. The van der Waals surface area contributed by atoms with E-state index in [1.54, 1.807) is 6.07 Å². The van der Waals surface area contributed by atoms with Gasteiger partial charge in [0.1, 0.15) is 5.82 Å². The van der Waals surface area contributed by atoms with Crippen LogP contribution in [0.5, 0.6) is 0 Å². The standard InChI is InChI=1S/C18H14ClFN4/c1-10-2-3-11-7-14-17(23-24-18(14)22-16(11)6-10)21-9-12-4-5-13(20)8-15(12)19/h2-8H,9H2,1H3,(H2,21,22,23,24). The van der Waals surface area contributed by atoms with Crippen LogP contribution in [-0.2, 0) is 6.54 Å². The van der Waals surface area contributed by atoms with Gasteiger partial charge in [-0.05, 0) is 42.3 Å². The highest BCUT2D eigenvalue weighted by molar-refractivity contribution is 6.31. The molecule has 0 bridgehead atoms. The molecule has 0 aliphatic carbocycles. The van der Waals surface area contributed by atoms with Crippen molar-refractivity contribution in [3.05, 3.63) is 64.4 Å². The van der Waals surface area contributed by atoms with Gasteiger partial charge in [0.05, 0.1) is 10.9 Å². The van der Waals surface area contributed by atoms with E-state index in [4.69, 9.17) is 11.6 Å². The molecule has 0 spiro atoms. The Kier molecular flexibility index (Phi) is 3.58. The third-order valence-electron chi connectivity index (χ3n) is 3.96. The summed E-state index contributed by atoms with van der Waals surface area (Å²) in [5, 5.41) is 12.8. The van der Waals surface area contributed by atoms with E-state index in [0.29, 0.717) is 17.4 Å². The zero-order chi connectivity index (χ0) is 16.7. The largest absolute Gasteiger partial charge is 0.364 e. The molecule has 4 nitrogen and oxygen atoms in total. The molecule has 120 valence electrons. The topological polar surface area (TPSA) is 53.6 Å². The van der Waals surface area contributed by atoms with Gasteiger partial charge in [-0.2, -0.15) is 5.10 Å². The number of hydrogen-bond donors (Lipinski definition) is 2. The van der Waals surface area contributed by atoms with E-state index >= 15 is 0 Å². The summed E-state index contributed by atoms with van der Waals surface area (Å²) in [6, 6.07) is 12.6. The Morgan fingerprint density at radius 1 is 1.17 bits per heavy atom. The molecule has 0 aliphatic heterocycles. The number of aromatic nitrogens is 3. The Bertz CT molecular complexity index is 1060. The van der Waals surface area contributed by atoms with Crippen LogP contribution in [0.4, 0.5) is 10.2 Å². The highest BCUT2D eigenvalue weighted by atomic mass is 35.5. The summed E-state index contributed by atoms with van der Waals surface area (Å²) in [5.74, 6) is 0.347. The molecule has 2 heterocycles. The number of pyridine rings is 1. The highest BCUT2D eigenvalue weighted by Gasteiger charge is 2.09. The second kappa shape index (κ2) is 5.76. The van der Waals surface area contributed by atoms with Crippen molar-refractivity contribution < 1.29 is 4.39 Å². The fourth-order valence-corrected chi connectivity index (χ4v) is 2.92. The molecular formula is C18H14ClFN4. The average Bonchev–Trinajstić information content (AvgIpc) is 2.94. The Hall–Kier alpha value is -2.66. The van der Waals surface area contributed by atoms with Crippen molar-refractivity contribution in [3.8, 4) is 0 Å². The Morgan fingerprint density at radius 2 is 2.04 bits per heavy atom. The minimum Gasteiger partial charge on any atom is -0.364 e. The van der Waals surface area contributed by atoms with Gasteiger partial charge in [0.25, 0.3) is 0 Å². The van der Waals surface area contributed by atoms with Gasteiger partial charge in [-0.15, -0.1) is 0 Å². The van der Waals surface area contributed by atoms with Gasteiger partial charge in [0.2, 0.25) is 0 Å². The molecule has 0 saturated heterocycles. The van der Waals surface area contributed by atoms with Gasteiger partial charge in [0, 0.05) is 17.0 Å². The summed E-state index contributed by atoms with van der Waals surface area (Å²) in [7, 11) is 0. The number of fused-ring (bicyclic) bond motifs is 2. The molecule has 2 aromatic carbocycles. The minimum absolute atomic E-state index is 0.347. The molecule has 6 heteroatoms. The van der Waals surface area contributed by atoms with Crippen molar-refractivity contribution >= 4 is 39.4 Å². The third-order valence-corrected chi connectivity index (χ3v) is 4.32. The summed E-state index contributed by atoms with van der Waals surface area (Å²) in [6.07, 6.45) is 0. The lowest BCUT2D eigenvalue weighted by molar-refractivity contribution is 0.627. The maximum atomic E-state index is 13.1. The number of H-pyrrole nitrogens is 1. The summed E-state index contributed by atoms with van der Waals surface area (Å²) in [4.78, 5) is 4.61. The molecule has 24 heavy (non-hydrogen) atoms. The van der Waals surface area contributed by atoms with Gasteiger partial charge in [-0.1, -0.05) is 29.8 Å². The SMILES string of the molecule is Cc1ccc2cc3c(NCc4ccc(F)cc4Cl)n[nH]c3nc2c1. The van der Waals surface area contributed by atoms with Crippen LogP contribution in [0.2, 0.25) is 5.02 Å². The summed E-state index contributed by atoms with van der Waals surface area (Å²) in [5.41, 5.74) is 3.62. The summed E-state index contributed by atoms with van der Waals surface area (Å²) < 4.78 is 13.1. The van der Waals surface area contributed by atoms with E-state index in [1.807, 2.05) is 19.1 Å². The molecule has 0 atom stereocenters. The number of nitrogens with one attached hydrogen (secondary N) is 2. The van der Waals surface area contributed by atoms with Crippen LogP contribution in [0.1, 0.15) is 11.1 Å². The van der Waals surface area contributed by atoms with Crippen LogP contribution in [-0.4, -0.2) is 15.2 Å². The molecule has 4 aromatic rings. The number of halogens is 2. The first-order valence-electron chi connectivity index (χ1n) is 7.53. The molecule has 0 fully saturated rings. The predicted molar refractivity (Wildman–Crippen MR) is 94.9 cm³/mol. The lowest BCUT2D eigenvalue weighted by Gasteiger charge is -2.06. The number of benzene rings is 2. The fourth-order valence-electron chi connectivity index (χ4n) is 2.69. The maximum absolute atomic E-state index is 13.1. The molecular weight excluding hydrogens is 327 g/mol. The van der Waals surface area contributed by atoms with Gasteiger partial charge in [-0.3, -0.25) is 5.10 Å². The van der Waals surface area contributed by atoms with Crippen molar-refractivity contribution in [1.29, 1.82) is 0 Å². The predicted octanol–water partition coefficient (Wildman–Crippen LogP) is 4.82. The van der Waals surface area contributed by atoms with Crippen molar-refractivity contribution in [2.75, 3.05) is 5.32 Å². The third kappa shape index (κ3) is 2.67. The average molecular weight is 341 g/mol. The van der Waals surface area contributed by atoms with Gasteiger partial charge in [-0.25, -0.2) is 9.37 Å². The first-order chi connectivity index (χ1) is 11.6. The molecule has 4 rings (SSSR count). The molecule has 2 aromatic heterocycles. The first-order valence-corrected chi connectivity index (χ1v) is 7.91. The van der Waals surface area contributed by atoms with Crippen LogP contribution in [0.3, 0.4) is 0 Å². The molecule has 0 saturated carbocycles. The number of nitrogens with zero attached hydrogens (tertiary/aromatic N) is 2. The summed E-state index contributed by atoms with van der Waals surface area (Å²) >= 11 is 6.06. The molecule has 0 aliphatic rings. The van der Waals surface area contributed by atoms with Crippen LogP contribution >= 0.6 is 11.6 Å². The van der Waals surface area contributed by atoms with Crippen molar-refractivity contribution in [2.24, 2.45) is 0 Å². The van der Waals surface area contributed by atoms with Gasteiger partial charge in [0.15, 0.2) is 11.5 Å². The number of aromatic amines is 1. The smallest absolute Gasteiger partial charge is 0.158 e. The van der Waals surface area contributed by atoms with Gasteiger partial charge >= 0.3 is 0 Å². The minimum atomic E-state index is -0.347. The number of aryl methyl sites for hydroxylation is 1. The first kappa shape index (κ1) is 14.9. The number of rotatable bonds is 3. The van der Waals surface area contributed by atoms with Gasteiger partial charge < -0.3 is 5.32 Å². The quantitative estimate of drug-likeness (QED) is 0.562. The normalized spacial score (nSPS) is 11.3. The van der Waals surface area contributed by atoms with Crippen LogP contribution in [0, 0.1) is 12.7 Å². The van der Waals surface area contributed by atoms with E-state index in [1.165, 1.54) is 12.1 Å².